The maximum atomic E-state index is 12.7. The number of rotatable bonds is 5. The summed E-state index contributed by atoms with van der Waals surface area (Å²) >= 11 is 1.28. The van der Waals surface area contributed by atoms with Crippen molar-refractivity contribution in [3.8, 4) is 0 Å². The molecule has 1 N–H and O–H groups in total. The van der Waals surface area contributed by atoms with Gasteiger partial charge in [0.05, 0.1) is 21.5 Å². The number of hydrogen-bond acceptors (Lipinski definition) is 5. The van der Waals surface area contributed by atoms with Crippen LogP contribution < -0.4 is 5.32 Å². The lowest BCUT2D eigenvalue weighted by atomic mass is 10.1. The van der Waals surface area contributed by atoms with Crippen molar-refractivity contribution >= 4 is 42.6 Å². The minimum atomic E-state index is -3.46. The fourth-order valence-corrected chi connectivity index (χ4v) is 5.68. The zero-order valence-electron chi connectivity index (χ0n) is 14.6. The Bertz CT molecular complexity index is 1070. The van der Waals surface area contributed by atoms with E-state index in [1.165, 1.54) is 15.6 Å². The molecule has 2 heterocycles. The number of sulfonamides is 1. The second kappa shape index (κ2) is 7.38. The molecule has 2 aromatic carbocycles. The Morgan fingerprint density at radius 3 is 2.59 bits per heavy atom. The van der Waals surface area contributed by atoms with Gasteiger partial charge in [-0.1, -0.05) is 41.7 Å². The number of amides is 1. The van der Waals surface area contributed by atoms with E-state index in [1.54, 1.807) is 18.2 Å². The SMILES string of the molecule is O=C(Cc1ccccc1)Nc1nc2ccc(S(=O)(=O)N3CCCC3)cc2s1. The number of carbonyl (C=O) groups excluding carboxylic acids is 1. The van der Waals surface area contributed by atoms with Gasteiger partial charge in [0, 0.05) is 13.1 Å². The van der Waals surface area contributed by atoms with Gasteiger partial charge < -0.3 is 5.32 Å². The molecule has 0 atom stereocenters. The van der Waals surface area contributed by atoms with Crippen LogP contribution in [0.25, 0.3) is 10.2 Å². The lowest BCUT2D eigenvalue weighted by molar-refractivity contribution is -0.115. The first-order chi connectivity index (χ1) is 13.0. The molecule has 0 bridgehead atoms. The normalized spacial score (nSPS) is 15.3. The van der Waals surface area contributed by atoms with Gasteiger partial charge in [-0.05, 0) is 36.6 Å². The summed E-state index contributed by atoms with van der Waals surface area (Å²) in [6.45, 7) is 1.15. The van der Waals surface area contributed by atoms with Crippen molar-refractivity contribution in [1.82, 2.24) is 9.29 Å². The number of nitrogens with one attached hydrogen (secondary N) is 1. The molecule has 6 nitrogen and oxygen atoms in total. The minimum Gasteiger partial charge on any atom is -0.302 e. The quantitative estimate of drug-likeness (QED) is 0.712. The zero-order chi connectivity index (χ0) is 18.9. The Kier molecular flexibility index (Phi) is 4.94. The molecule has 0 saturated carbocycles. The van der Waals surface area contributed by atoms with Gasteiger partial charge in [-0.2, -0.15) is 4.31 Å². The topological polar surface area (TPSA) is 79.4 Å². The van der Waals surface area contributed by atoms with Gasteiger partial charge in [-0.15, -0.1) is 0 Å². The Morgan fingerprint density at radius 2 is 1.85 bits per heavy atom. The Morgan fingerprint density at radius 1 is 1.11 bits per heavy atom. The van der Waals surface area contributed by atoms with Crippen molar-refractivity contribution in [3.05, 3.63) is 54.1 Å². The highest BCUT2D eigenvalue weighted by molar-refractivity contribution is 7.89. The summed E-state index contributed by atoms with van der Waals surface area (Å²) in [5.74, 6) is -0.148. The maximum absolute atomic E-state index is 12.7. The fraction of sp³-hybridized carbons (Fsp3) is 0.263. The van der Waals surface area contributed by atoms with E-state index in [1.807, 2.05) is 30.3 Å². The molecule has 0 aliphatic carbocycles. The van der Waals surface area contributed by atoms with Crippen LogP contribution in [0.1, 0.15) is 18.4 Å². The molecule has 1 aromatic heterocycles. The van der Waals surface area contributed by atoms with E-state index in [0.717, 1.165) is 23.1 Å². The molecule has 0 spiro atoms. The van der Waals surface area contributed by atoms with E-state index in [9.17, 15) is 13.2 Å². The average Bonchev–Trinajstić information content (AvgIpc) is 3.31. The van der Waals surface area contributed by atoms with Crippen LogP contribution >= 0.6 is 11.3 Å². The maximum Gasteiger partial charge on any atom is 0.243 e. The molecule has 1 fully saturated rings. The third-order valence-corrected chi connectivity index (χ3v) is 7.34. The minimum absolute atomic E-state index is 0.148. The second-order valence-corrected chi connectivity index (χ2v) is 9.44. The number of carbonyl (C=O) groups is 1. The molecule has 4 rings (SSSR count). The molecule has 8 heteroatoms. The molecule has 0 unspecified atom stereocenters. The van der Waals surface area contributed by atoms with E-state index in [4.69, 9.17) is 0 Å². The number of nitrogens with zero attached hydrogens (tertiary/aromatic N) is 2. The monoisotopic (exact) mass is 401 g/mol. The summed E-state index contributed by atoms with van der Waals surface area (Å²) in [6.07, 6.45) is 2.07. The highest BCUT2D eigenvalue weighted by Gasteiger charge is 2.27. The van der Waals surface area contributed by atoms with Crippen molar-refractivity contribution < 1.29 is 13.2 Å². The Labute approximate surface area is 161 Å². The standard InChI is InChI=1S/C19H19N3O3S2/c23-18(12-14-6-2-1-3-7-14)21-19-20-16-9-8-15(13-17(16)26-19)27(24,25)22-10-4-5-11-22/h1-3,6-9,13H,4-5,10-12H2,(H,20,21,23). The number of fused-ring (bicyclic) bond motifs is 1. The molecule has 1 aliphatic heterocycles. The lowest BCUT2D eigenvalue weighted by Gasteiger charge is -2.15. The molecule has 140 valence electrons. The summed E-state index contributed by atoms with van der Waals surface area (Å²) in [7, 11) is -3.46. The first-order valence-electron chi connectivity index (χ1n) is 8.77. The van der Waals surface area contributed by atoms with E-state index in [2.05, 4.69) is 10.3 Å². The van der Waals surface area contributed by atoms with Crippen molar-refractivity contribution in [3.63, 3.8) is 0 Å². The molecular weight excluding hydrogens is 382 g/mol. The van der Waals surface area contributed by atoms with Gasteiger partial charge in [-0.25, -0.2) is 13.4 Å². The van der Waals surface area contributed by atoms with Gasteiger partial charge in [0.15, 0.2) is 5.13 Å². The van der Waals surface area contributed by atoms with Gasteiger partial charge in [-0.3, -0.25) is 4.79 Å². The van der Waals surface area contributed by atoms with Crippen LogP contribution in [0.3, 0.4) is 0 Å². The summed E-state index contributed by atoms with van der Waals surface area (Å²) in [5, 5.41) is 3.28. The molecule has 1 amide bonds. The summed E-state index contributed by atoms with van der Waals surface area (Å²) in [5.41, 5.74) is 1.60. The number of aromatic nitrogens is 1. The lowest BCUT2D eigenvalue weighted by Crippen LogP contribution is -2.27. The number of thiazole rings is 1. The van der Waals surface area contributed by atoms with Crippen LogP contribution in [0.15, 0.2) is 53.4 Å². The van der Waals surface area contributed by atoms with Gasteiger partial charge >= 0.3 is 0 Å². The third kappa shape index (κ3) is 3.87. The molecule has 1 saturated heterocycles. The van der Waals surface area contributed by atoms with Crippen molar-refractivity contribution in [2.75, 3.05) is 18.4 Å². The Balaban J connectivity index is 1.53. The highest BCUT2D eigenvalue weighted by atomic mass is 32.2. The van der Waals surface area contributed by atoms with Gasteiger partial charge in [0.2, 0.25) is 15.9 Å². The van der Waals surface area contributed by atoms with E-state index < -0.39 is 10.0 Å². The van der Waals surface area contributed by atoms with Gasteiger partial charge in [0.1, 0.15) is 0 Å². The smallest absolute Gasteiger partial charge is 0.243 e. The van der Waals surface area contributed by atoms with Crippen LogP contribution in [-0.4, -0.2) is 36.7 Å². The second-order valence-electron chi connectivity index (χ2n) is 6.47. The molecule has 0 radical (unpaired) electrons. The van der Waals surface area contributed by atoms with Crippen LogP contribution in [-0.2, 0) is 21.2 Å². The Hall–Kier alpha value is -2.29. The van der Waals surface area contributed by atoms with Crippen LogP contribution in [0.5, 0.6) is 0 Å². The zero-order valence-corrected chi connectivity index (χ0v) is 16.2. The van der Waals surface area contributed by atoms with Crippen molar-refractivity contribution in [1.29, 1.82) is 0 Å². The van der Waals surface area contributed by atoms with E-state index >= 15 is 0 Å². The summed E-state index contributed by atoms with van der Waals surface area (Å²) in [6, 6.07) is 14.4. The van der Waals surface area contributed by atoms with Crippen LogP contribution in [0.4, 0.5) is 5.13 Å². The van der Waals surface area contributed by atoms with E-state index in [0.29, 0.717) is 23.7 Å². The summed E-state index contributed by atoms with van der Waals surface area (Å²) < 4.78 is 27.7. The predicted octanol–water partition coefficient (Wildman–Crippen LogP) is 3.26. The van der Waals surface area contributed by atoms with Crippen LogP contribution in [0, 0.1) is 0 Å². The molecule has 1 aliphatic rings. The van der Waals surface area contributed by atoms with Crippen molar-refractivity contribution in [2.45, 2.75) is 24.2 Å². The van der Waals surface area contributed by atoms with Crippen molar-refractivity contribution in [2.24, 2.45) is 0 Å². The highest BCUT2D eigenvalue weighted by Crippen LogP contribution is 2.30. The number of hydrogen-bond donors (Lipinski definition) is 1. The molecule has 3 aromatic rings. The average molecular weight is 402 g/mol. The predicted molar refractivity (Wildman–Crippen MR) is 106 cm³/mol. The number of benzene rings is 2. The van der Waals surface area contributed by atoms with Crippen LogP contribution in [0.2, 0.25) is 0 Å². The van der Waals surface area contributed by atoms with Gasteiger partial charge in [0.25, 0.3) is 0 Å². The summed E-state index contributed by atoms with van der Waals surface area (Å²) in [4.78, 5) is 16.9. The molecular formula is C19H19N3O3S2. The number of anilines is 1. The first kappa shape index (κ1) is 18.1. The van der Waals surface area contributed by atoms with E-state index in [-0.39, 0.29) is 17.2 Å². The largest absolute Gasteiger partial charge is 0.302 e. The third-order valence-electron chi connectivity index (χ3n) is 4.52. The molecule has 27 heavy (non-hydrogen) atoms. The first-order valence-corrected chi connectivity index (χ1v) is 11.0. The fourth-order valence-electron chi connectivity index (χ4n) is 3.14.